The van der Waals surface area contributed by atoms with Crippen LogP contribution in [0.5, 0.6) is 0 Å². The summed E-state index contributed by atoms with van der Waals surface area (Å²) >= 11 is 0. The number of ketones is 1. The van der Waals surface area contributed by atoms with Crippen LogP contribution in [0, 0.1) is 17.8 Å². The Bertz CT molecular complexity index is 482. The lowest BCUT2D eigenvalue weighted by Gasteiger charge is -2.20. The zero-order valence-corrected chi connectivity index (χ0v) is 13.5. The summed E-state index contributed by atoms with van der Waals surface area (Å²) < 4.78 is 0. The minimum Gasteiger partial charge on any atom is -0.342 e. The summed E-state index contributed by atoms with van der Waals surface area (Å²) in [5.74, 6) is 2.32. The Morgan fingerprint density at radius 3 is 2.77 bits per heavy atom. The van der Waals surface area contributed by atoms with Crippen molar-refractivity contribution in [3.8, 4) is 0 Å². The number of carbonyl (C=O) groups excluding carboxylic acids is 1. The molecule has 0 unspecified atom stereocenters. The number of carbonyl (C=O) groups is 1. The van der Waals surface area contributed by atoms with E-state index in [1.54, 1.807) is 12.5 Å². The van der Waals surface area contributed by atoms with E-state index >= 15 is 0 Å². The molecule has 2 fully saturated rings. The van der Waals surface area contributed by atoms with Crippen LogP contribution in [0.25, 0.3) is 0 Å². The molecule has 0 aromatic carbocycles. The van der Waals surface area contributed by atoms with Gasteiger partial charge in [0.15, 0.2) is 5.78 Å². The lowest BCUT2D eigenvalue weighted by Crippen LogP contribution is -2.09. The van der Waals surface area contributed by atoms with E-state index in [2.05, 4.69) is 22.1 Å². The molecular weight excluding hydrogens is 272 g/mol. The summed E-state index contributed by atoms with van der Waals surface area (Å²) in [5.41, 5.74) is 0.654. The van der Waals surface area contributed by atoms with Gasteiger partial charge in [-0.1, -0.05) is 44.3 Å². The van der Waals surface area contributed by atoms with Crippen LogP contribution in [-0.2, 0) is 0 Å². The van der Waals surface area contributed by atoms with Gasteiger partial charge in [0.05, 0.1) is 12.5 Å². The Balaban J connectivity index is 1.44. The molecule has 22 heavy (non-hydrogen) atoms. The molecule has 0 aliphatic heterocycles. The molecule has 0 spiro atoms. The first-order chi connectivity index (χ1) is 10.8. The first kappa shape index (κ1) is 15.5. The molecule has 1 aromatic heterocycles. The fraction of sp³-hybridized carbons (Fsp3) is 0.684. The van der Waals surface area contributed by atoms with Crippen molar-refractivity contribution in [2.24, 2.45) is 17.8 Å². The molecule has 3 rings (SSSR count). The number of aromatic amines is 1. The quantitative estimate of drug-likeness (QED) is 0.547. The standard InChI is InChI=1S/C19H28N2O/c22-19(18-13-20-14-21-18)12-17(16-10-11-16)9-5-4-8-15-6-2-1-3-7-15/h5,9,13-17H,1-4,6-8,10-12H2,(H,20,21)/b9-5+/t17-/m1/s1. The predicted octanol–water partition coefficient (Wildman–Crippen LogP) is 4.93. The van der Waals surface area contributed by atoms with Gasteiger partial charge in [-0.05, 0) is 43.4 Å². The summed E-state index contributed by atoms with van der Waals surface area (Å²) in [5, 5.41) is 0. The molecule has 0 saturated heterocycles. The molecule has 1 N–H and O–H groups in total. The van der Waals surface area contributed by atoms with Crippen LogP contribution >= 0.6 is 0 Å². The van der Waals surface area contributed by atoms with E-state index in [0.717, 1.165) is 11.8 Å². The summed E-state index contributed by atoms with van der Waals surface area (Å²) in [7, 11) is 0. The summed E-state index contributed by atoms with van der Waals surface area (Å²) in [6.45, 7) is 0. The SMILES string of the molecule is O=C(C[C@@H](/C=C/CCC1CCCCC1)C1CC1)c1cnc[nH]1. The number of rotatable bonds is 8. The number of hydrogen-bond donors (Lipinski definition) is 1. The fourth-order valence-electron chi connectivity index (χ4n) is 3.73. The predicted molar refractivity (Wildman–Crippen MR) is 88.7 cm³/mol. The molecule has 1 heterocycles. The Kier molecular flexibility index (Phi) is 5.47. The Labute approximate surface area is 133 Å². The Hall–Kier alpha value is -1.38. The van der Waals surface area contributed by atoms with E-state index in [4.69, 9.17) is 0 Å². The molecule has 0 bridgehead atoms. The molecule has 1 aromatic rings. The number of nitrogens with one attached hydrogen (secondary N) is 1. The van der Waals surface area contributed by atoms with Gasteiger partial charge in [-0.3, -0.25) is 4.79 Å². The van der Waals surface area contributed by atoms with Gasteiger partial charge in [0, 0.05) is 6.42 Å². The van der Waals surface area contributed by atoms with Crippen molar-refractivity contribution in [1.29, 1.82) is 0 Å². The first-order valence-corrected chi connectivity index (χ1v) is 9.01. The van der Waals surface area contributed by atoms with Gasteiger partial charge in [0.2, 0.25) is 0 Å². The zero-order chi connectivity index (χ0) is 15.2. The molecule has 120 valence electrons. The third kappa shape index (κ3) is 4.56. The lowest BCUT2D eigenvalue weighted by molar-refractivity contribution is 0.0961. The largest absolute Gasteiger partial charge is 0.342 e. The van der Waals surface area contributed by atoms with Crippen molar-refractivity contribution in [3.63, 3.8) is 0 Å². The third-order valence-electron chi connectivity index (χ3n) is 5.30. The average Bonchev–Trinajstić information content (AvgIpc) is 3.24. The van der Waals surface area contributed by atoms with Crippen LogP contribution in [0.3, 0.4) is 0 Å². The van der Waals surface area contributed by atoms with Gasteiger partial charge in [0.1, 0.15) is 5.69 Å². The zero-order valence-electron chi connectivity index (χ0n) is 13.5. The minimum absolute atomic E-state index is 0.200. The highest BCUT2D eigenvalue weighted by Gasteiger charge is 2.31. The summed E-state index contributed by atoms with van der Waals surface area (Å²) in [6.07, 6.45) is 20.8. The van der Waals surface area contributed by atoms with Crippen LogP contribution in [0.4, 0.5) is 0 Å². The van der Waals surface area contributed by atoms with Crippen LogP contribution in [0.2, 0.25) is 0 Å². The summed E-state index contributed by atoms with van der Waals surface area (Å²) in [4.78, 5) is 19.1. The minimum atomic E-state index is 0.200. The monoisotopic (exact) mass is 300 g/mol. The second-order valence-corrected chi connectivity index (χ2v) is 7.10. The lowest BCUT2D eigenvalue weighted by atomic mass is 9.86. The van der Waals surface area contributed by atoms with E-state index in [1.807, 2.05) is 0 Å². The van der Waals surface area contributed by atoms with E-state index in [1.165, 1.54) is 57.8 Å². The van der Waals surface area contributed by atoms with Crippen LogP contribution in [0.15, 0.2) is 24.7 Å². The molecule has 2 aliphatic carbocycles. The number of hydrogen-bond acceptors (Lipinski definition) is 2. The van der Waals surface area contributed by atoms with Crippen molar-refractivity contribution in [2.75, 3.05) is 0 Å². The third-order valence-corrected chi connectivity index (χ3v) is 5.30. The normalized spacial score (nSPS) is 21.3. The number of aromatic nitrogens is 2. The fourth-order valence-corrected chi connectivity index (χ4v) is 3.73. The van der Waals surface area contributed by atoms with Crippen molar-refractivity contribution < 1.29 is 4.79 Å². The maximum atomic E-state index is 12.2. The Morgan fingerprint density at radius 2 is 2.09 bits per heavy atom. The molecule has 1 atom stereocenters. The molecule has 2 aliphatic rings. The van der Waals surface area contributed by atoms with Crippen LogP contribution in [0.1, 0.15) is 74.7 Å². The smallest absolute Gasteiger partial charge is 0.181 e. The molecule has 2 saturated carbocycles. The number of imidazole rings is 1. The van der Waals surface area contributed by atoms with Crippen molar-refractivity contribution in [2.45, 2.75) is 64.2 Å². The molecular formula is C19H28N2O. The maximum Gasteiger partial charge on any atom is 0.181 e. The average molecular weight is 300 g/mol. The van der Waals surface area contributed by atoms with Crippen LogP contribution < -0.4 is 0 Å². The van der Waals surface area contributed by atoms with Gasteiger partial charge in [-0.2, -0.15) is 0 Å². The molecule has 0 amide bonds. The van der Waals surface area contributed by atoms with Gasteiger partial charge in [-0.15, -0.1) is 0 Å². The van der Waals surface area contributed by atoms with E-state index in [-0.39, 0.29) is 5.78 Å². The second-order valence-electron chi connectivity index (χ2n) is 7.10. The Morgan fingerprint density at radius 1 is 1.27 bits per heavy atom. The highest BCUT2D eigenvalue weighted by molar-refractivity contribution is 5.94. The molecule has 3 heteroatoms. The number of H-pyrrole nitrogens is 1. The van der Waals surface area contributed by atoms with Gasteiger partial charge >= 0.3 is 0 Å². The molecule has 3 nitrogen and oxygen atoms in total. The van der Waals surface area contributed by atoms with Crippen molar-refractivity contribution in [1.82, 2.24) is 9.97 Å². The van der Waals surface area contributed by atoms with Gasteiger partial charge < -0.3 is 4.98 Å². The first-order valence-electron chi connectivity index (χ1n) is 9.01. The van der Waals surface area contributed by atoms with E-state index in [9.17, 15) is 4.79 Å². The highest BCUT2D eigenvalue weighted by atomic mass is 16.1. The number of allylic oxidation sites excluding steroid dienone is 2. The molecule has 0 radical (unpaired) electrons. The highest BCUT2D eigenvalue weighted by Crippen LogP contribution is 2.40. The van der Waals surface area contributed by atoms with Gasteiger partial charge in [-0.25, -0.2) is 4.98 Å². The van der Waals surface area contributed by atoms with Crippen LogP contribution in [-0.4, -0.2) is 15.8 Å². The van der Waals surface area contributed by atoms with Crippen molar-refractivity contribution >= 4 is 5.78 Å². The van der Waals surface area contributed by atoms with E-state index < -0.39 is 0 Å². The number of nitrogens with zero attached hydrogens (tertiary/aromatic N) is 1. The maximum absolute atomic E-state index is 12.2. The van der Waals surface area contributed by atoms with E-state index in [0.29, 0.717) is 18.0 Å². The van der Waals surface area contributed by atoms with Gasteiger partial charge in [0.25, 0.3) is 0 Å². The topological polar surface area (TPSA) is 45.8 Å². The van der Waals surface area contributed by atoms with Crippen molar-refractivity contribution in [3.05, 3.63) is 30.4 Å². The second kappa shape index (κ2) is 7.75. The number of Topliss-reactive ketones (excluding diaryl/α,β-unsaturated/α-hetero) is 1. The summed E-state index contributed by atoms with van der Waals surface area (Å²) in [6, 6.07) is 0.